The molecule has 0 saturated carbocycles. The standard InChI is InChI=1S/C12H18N2O3S/c1-9(7-14-3-5-16-6-4-14)17-12(15)11-10(2)13-8-18-11/h8-9H,3-7H2,1-2H3/t9-/m1/s1. The first kappa shape index (κ1) is 13.5. The SMILES string of the molecule is Cc1ncsc1C(=O)O[C@H](C)CN1CCOCC1. The number of esters is 1. The zero-order valence-corrected chi connectivity index (χ0v) is 11.5. The number of hydrogen-bond acceptors (Lipinski definition) is 6. The normalized spacial score (nSPS) is 18.6. The quantitative estimate of drug-likeness (QED) is 0.773. The van der Waals surface area contributed by atoms with Crippen molar-refractivity contribution in [2.24, 2.45) is 0 Å². The second kappa shape index (κ2) is 6.26. The highest BCUT2D eigenvalue weighted by Gasteiger charge is 2.19. The lowest BCUT2D eigenvalue weighted by Crippen LogP contribution is -2.41. The number of aryl methyl sites for hydroxylation is 1. The predicted molar refractivity (Wildman–Crippen MR) is 69.0 cm³/mol. The average molecular weight is 270 g/mol. The van der Waals surface area contributed by atoms with Crippen LogP contribution in [0.1, 0.15) is 22.3 Å². The van der Waals surface area contributed by atoms with E-state index in [1.165, 1.54) is 11.3 Å². The highest BCUT2D eigenvalue weighted by atomic mass is 32.1. The van der Waals surface area contributed by atoms with Gasteiger partial charge in [0.05, 0.1) is 24.4 Å². The molecule has 1 aliphatic rings. The summed E-state index contributed by atoms with van der Waals surface area (Å²) >= 11 is 1.33. The van der Waals surface area contributed by atoms with E-state index in [2.05, 4.69) is 9.88 Å². The smallest absolute Gasteiger partial charge is 0.350 e. The molecule has 2 heterocycles. The van der Waals surface area contributed by atoms with Crippen LogP contribution in [0.25, 0.3) is 0 Å². The molecule has 100 valence electrons. The summed E-state index contributed by atoms with van der Waals surface area (Å²) in [5, 5.41) is 0. The minimum absolute atomic E-state index is 0.114. The van der Waals surface area contributed by atoms with E-state index in [0.717, 1.165) is 38.5 Å². The third-order valence-electron chi connectivity index (χ3n) is 2.86. The summed E-state index contributed by atoms with van der Waals surface area (Å²) in [6.07, 6.45) is -0.114. The van der Waals surface area contributed by atoms with Crippen molar-refractivity contribution in [3.05, 3.63) is 16.1 Å². The molecule has 6 heteroatoms. The lowest BCUT2D eigenvalue weighted by atomic mass is 10.3. The van der Waals surface area contributed by atoms with Gasteiger partial charge in [-0.05, 0) is 13.8 Å². The van der Waals surface area contributed by atoms with Gasteiger partial charge in [-0.1, -0.05) is 0 Å². The van der Waals surface area contributed by atoms with Crippen LogP contribution < -0.4 is 0 Å². The summed E-state index contributed by atoms with van der Waals surface area (Å²) < 4.78 is 10.7. The fourth-order valence-corrected chi connectivity index (χ4v) is 2.60. The van der Waals surface area contributed by atoms with E-state index in [0.29, 0.717) is 4.88 Å². The third kappa shape index (κ3) is 3.51. The molecule has 1 aromatic heterocycles. The summed E-state index contributed by atoms with van der Waals surface area (Å²) in [6, 6.07) is 0. The van der Waals surface area contributed by atoms with Crippen molar-refractivity contribution < 1.29 is 14.3 Å². The molecule has 5 nitrogen and oxygen atoms in total. The van der Waals surface area contributed by atoms with Gasteiger partial charge in [-0.3, -0.25) is 4.90 Å². The Hall–Kier alpha value is -0.980. The Labute approximate surface area is 111 Å². The van der Waals surface area contributed by atoms with Crippen LogP contribution >= 0.6 is 11.3 Å². The van der Waals surface area contributed by atoms with Gasteiger partial charge < -0.3 is 9.47 Å². The largest absolute Gasteiger partial charge is 0.457 e. The van der Waals surface area contributed by atoms with E-state index in [9.17, 15) is 4.79 Å². The van der Waals surface area contributed by atoms with Gasteiger partial charge >= 0.3 is 5.97 Å². The van der Waals surface area contributed by atoms with Crippen LogP contribution in [-0.2, 0) is 9.47 Å². The fourth-order valence-electron chi connectivity index (χ4n) is 1.92. The molecule has 0 amide bonds. The molecule has 0 bridgehead atoms. The molecule has 1 atom stereocenters. The Morgan fingerprint density at radius 3 is 2.94 bits per heavy atom. The summed E-state index contributed by atoms with van der Waals surface area (Å²) in [6.45, 7) is 7.82. The number of aromatic nitrogens is 1. The number of nitrogens with zero attached hydrogens (tertiary/aromatic N) is 2. The number of ether oxygens (including phenoxy) is 2. The minimum atomic E-state index is -0.268. The van der Waals surface area contributed by atoms with Crippen LogP contribution in [0, 0.1) is 6.92 Å². The van der Waals surface area contributed by atoms with E-state index in [1.807, 2.05) is 13.8 Å². The molecular formula is C12H18N2O3S. The molecule has 0 radical (unpaired) electrons. The summed E-state index contributed by atoms with van der Waals surface area (Å²) in [4.78, 5) is 18.8. The van der Waals surface area contributed by atoms with Gasteiger partial charge in [-0.2, -0.15) is 0 Å². The zero-order chi connectivity index (χ0) is 13.0. The van der Waals surface area contributed by atoms with Gasteiger partial charge in [0.1, 0.15) is 11.0 Å². The molecule has 1 aromatic rings. The van der Waals surface area contributed by atoms with Crippen molar-refractivity contribution in [2.45, 2.75) is 20.0 Å². The van der Waals surface area contributed by atoms with Crippen LogP contribution in [0.2, 0.25) is 0 Å². The van der Waals surface area contributed by atoms with E-state index in [4.69, 9.17) is 9.47 Å². The van der Waals surface area contributed by atoms with Gasteiger partial charge in [0, 0.05) is 19.6 Å². The van der Waals surface area contributed by atoms with Gasteiger partial charge in [0.15, 0.2) is 0 Å². The van der Waals surface area contributed by atoms with Crippen LogP contribution in [0.3, 0.4) is 0 Å². The molecule has 18 heavy (non-hydrogen) atoms. The third-order valence-corrected chi connectivity index (χ3v) is 3.77. The van der Waals surface area contributed by atoms with Crippen molar-refractivity contribution >= 4 is 17.3 Å². The molecule has 1 fully saturated rings. The average Bonchev–Trinajstić information content (AvgIpc) is 2.76. The lowest BCUT2D eigenvalue weighted by molar-refractivity contribution is 0.000679. The maximum Gasteiger partial charge on any atom is 0.350 e. The number of hydrogen-bond donors (Lipinski definition) is 0. The molecule has 1 aliphatic heterocycles. The highest BCUT2D eigenvalue weighted by molar-refractivity contribution is 7.11. The predicted octanol–water partition coefficient (Wildman–Crippen LogP) is 1.33. The maximum absolute atomic E-state index is 11.9. The molecule has 0 aliphatic carbocycles. The molecule has 0 spiro atoms. The van der Waals surface area contributed by atoms with Crippen molar-refractivity contribution in [3.63, 3.8) is 0 Å². The number of thiazole rings is 1. The number of rotatable bonds is 4. The van der Waals surface area contributed by atoms with Gasteiger partial charge in [0.25, 0.3) is 0 Å². The second-order valence-electron chi connectivity index (χ2n) is 4.40. The highest BCUT2D eigenvalue weighted by Crippen LogP contribution is 2.14. The Morgan fingerprint density at radius 1 is 1.61 bits per heavy atom. The first-order valence-corrected chi connectivity index (χ1v) is 6.96. The molecule has 0 aromatic carbocycles. The molecule has 0 N–H and O–H groups in total. The Balaban J connectivity index is 1.81. The first-order valence-electron chi connectivity index (χ1n) is 6.08. The van der Waals surface area contributed by atoms with Crippen LogP contribution in [0.4, 0.5) is 0 Å². The summed E-state index contributed by atoms with van der Waals surface area (Å²) in [7, 11) is 0. The summed E-state index contributed by atoms with van der Waals surface area (Å²) in [5.74, 6) is -0.268. The van der Waals surface area contributed by atoms with Crippen molar-refractivity contribution in [2.75, 3.05) is 32.8 Å². The number of carbonyl (C=O) groups excluding carboxylic acids is 1. The number of morpholine rings is 1. The van der Waals surface area contributed by atoms with E-state index in [1.54, 1.807) is 5.51 Å². The van der Waals surface area contributed by atoms with Crippen LogP contribution in [0.15, 0.2) is 5.51 Å². The van der Waals surface area contributed by atoms with Gasteiger partial charge in [0.2, 0.25) is 0 Å². The zero-order valence-electron chi connectivity index (χ0n) is 10.7. The van der Waals surface area contributed by atoms with E-state index >= 15 is 0 Å². The topological polar surface area (TPSA) is 51.7 Å². The Kier molecular flexibility index (Phi) is 4.68. The maximum atomic E-state index is 11.9. The molecular weight excluding hydrogens is 252 g/mol. The molecule has 0 unspecified atom stereocenters. The van der Waals surface area contributed by atoms with Crippen molar-refractivity contribution in [1.82, 2.24) is 9.88 Å². The monoisotopic (exact) mass is 270 g/mol. The summed E-state index contributed by atoms with van der Waals surface area (Å²) in [5.41, 5.74) is 2.40. The fraction of sp³-hybridized carbons (Fsp3) is 0.667. The van der Waals surface area contributed by atoms with E-state index < -0.39 is 0 Å². The van der Waals surface area contributed by atoms with E-state index in [-0.39, 0.29) is 12.1 Å². The minimum Gasteiger partial charge on any atom is -0.457 e. The van der Waals surface area contributed by atoms with Crippen LogP contribution in [-0.4, -0.2) is 54.8 Å². The molecule has 1 saturated heterocycles. The second-order valence-corrected chi connectivity index (χ2v) is 5.25. The van der Waals surface area contributed by atoms with Crippen LogP contribution in [0.5, 0.6) is 0 Å². The number of carbonyl (C=O) groups is 1. The Morgan fingerprint density at radius 2 is 2.33 bits per heavy atom. The molecule has 2 rings (SSSR count). The van der Waals surface area contributed by atoms with Gasteiger partial charge in [-0.15, -0.1) is 11.3 Å². The van der Waals surface area contributed by atoms with Crippen molar-refractivity contribution in [3.8, 4) is 0 Å². The van der Waals surface area contributed by atoms with Gasteiger partial charge in [-0.25, -0.2) is 9.78 Å². The first-order chi connectivity index (χ1) is 8.66. The lowest BCUT2D eigenvalue weighted by Gasteiger charge is -2.28. The van der Waals surface area contributed by atoms with Crippen molar-refractivity contribution in [1.29, 1.82) is 0 Å². The Bertz CT molecular complexity index is 402.